The standard InChI is InChI=1S/C15H18ClNO3/c1-3-20-13(18)10-15(2,16)14(19)17-9-8-11-6-4-5-7-12(11)17/h4-7H,3,8-10H2,1-2H3. The van der Waals surface area contributed by atoms with Gasteiger partial charge in [-0.05, 0) is 31.9 Å². The summed E-state index contributed by atoms with van der Waals surface area (Å²) < 4.78 is 4.87. The Morgan fingerprint density at radius 1 is 1.40 bits per heavy atom. The van der Waals surface area contributed by atoms with Gasteiger partial charge in [-0.25, -0.2) is 0 Å². The van der Waals surface area contributed by atoms with Gasteiger partial charge in [0.05, 0.1) is 13.0 Å². The second-order valence-electron chi connectivity index (χ2n) is 5.01. The first kappa shape index (κ1) is 14.9. The van der Waals surface area contributed by atoms with Gasteiger partial charge >= 0.3 is 5.97 Å². The molecule has 20 heavy (non-hydrogen) atoms. The smallest absolute Gasteiger partial charge is 0.308 e. The van der Waals surface area contributed by atoms with Crippen molar-refractivity contribution in [1.29, 1.82) is 0 Å². The van der Waals surface area contributed by atoms with Crippen LogP contribution in [0.5, 0.6) is 0 Å². The van der Waals surface area contributed by atoms with Crippen molar-refractivity contribution in [3.8, 4) is 0 Å². The molecular formula is C15H18ClNO3. The van der Waals surface area contributed by atoms with E-state index in [-0.39, 0.29) is 18.9 Å². The lowest BCUT2D eigenvalue weighted by molar-refractivity contribution is -0.145. The molecule has 0 aliphatic carbocycles. The molecule has 0 aromatic heterocycles. The highest BCUT2D eigenvalue weighted by Gasteiger charge is 2.39. The Kier molecular flexibility index (Phi) is 4.33. The zero-order valence-electron chi connectivity index (χ0n) is 11.7. The quantitative estimate of drug-likeness (QED) is 0.633. The van der Waals surface area contributed by atoms with Crippen molar-refractivity contribution in [2.45, 2.75) is 31.6 Å². The number of nitrogens with zero attached hydrogens (tertiary/aromatic N) is 1. The highest BCUT2D eigenvalue weighted by Crippen LogP contribution is 2.32. The van der Waals surface area contributed by atoms with Gasteiger partial charge in [0.15, 0.2) is 0 Å². The molecule has 2 rings (SSSR count). The maximum absolute atomic E-state index is 12.6. The molecular weight excluding hydrogens is 278 g/mol. The third-order valence-corrected chi connectivity index (χ3v) is 3.66. The van der Waals surface area contributed by atoms with Gasteiger partial charge in [-0.1, -0.05) is 18.2 Å². The van der Waals surface area contributed by atoms with E-state index >= 15 is 0 Å². The molecule has 4 nitrogen and oxygen atoms in total. The summed E-state index contributed by atoms with van der Waals surface area (Å²) >= 11 is 6.27. The molecule has 1 aliphatic rings. The molecule has 0 spiro atoms. The highest BCUT2D eigenvalue weighted by molar-refractivity contribution is 6.37. The topological polar surface area (TPSA) is 46.6 Å². The molecule has 0 saturated heterocycles. The number of halogens is 1. The Labute approximate surface area is 123 Å². The van der Waals surface area contributed by atoms with Crippen LogP contribution in [0.25, 0.3) is 0 Å². The first-order chi connectivity index (χ1) is 9.45. The van der Waals surface area contributed by atoms with E-state index in [0.717, 1.165) is 17.7 Å². The van der Waals surface area contributed by atoms with Crippen LogP contribution in [0.1, 0.15) is 25.8 Å². The molecule has 1 aliphatic heterocycles. The van der Waals surface area contributed by atoms with Gasteiger partial charge in [0, 0.05) is 12.2 Å². The number of anilines is 1. The lowest BCUT2D eigenvalue weighted by atomic mass is 10.1. The molecule has 108 valence electrons. The van der Waals surface area contributed by atoms with E-state index in [1.54, 1.807) is 18.7 Å². The number of rotatable bonds is 4. The van der Waals surface area contributed by atoms with Crippen molar-refractivity contribution < 1.29 is 14.3 Å². The van der Waals surface area contributed by atoms with Crippen LogP contribution < -0.4 is 4.90 Å². The molecule has 1 unspecified atom stereocenters. The number of carbonyl (C=O) groups excluding carboxylic acids is 2. The maximum Gasteiger partial charge on any atom is 0.308 e. The zero-order chi connectivity index (χ0) is 14.8. The SMILES string of the molecule is CCOC(=O)CC(C)(Cl)C(=O)N1CCc2ccccc21. The summed E-state index contributed by atoms with van der Waals surface area (Å²) in [7, 11) is 0. The van der Waals surface area contributed by atoms with E-state index < -0.39 is 10.8 Å². The minimum atomic E-state index is -1.27. The third-order valence-electron chi connectivity index (χ3n) is 3.36. The fourth-order valence-electron chi connectivity index (χ4n) is 2.39. The van der Waals surface area contributed by atoms with Crippen LogP contribution in [0.15, 0.2) is 24.3 Å². The number of alkyl halides is 1. The van der Waals surface area contributed by atoms with E-state index in [4.69, 9.17) is 16.3 Å². The normalized spacial score (nSPS) is 16.4. The first-order valence-electron chi connectivity index (χ1n) is 6.70. The molecule has 1 atom stereocenters. The van der Waals surface area contributed by atoms with E-state index in [1.165, 1.54) is 0 Å². The van der Waals surface area contributed by atoms with E-state index in [9.17, 15) is 9.59 Å². The van der Waals surface area contributed by atoms with Crippen molar-refractivity contribution in [3.63, 3.8) is 0 Å². The lowest BCUT2D eigenvalue weighted by Gasteiger charge is -2.27. The molecule has 5 heteroatoms. The Morgan fingerprint density at radius 2 is 2.10 bits per heavy atom. The summed E-state index contributed by atoms with van der Waals surface area (Å²) in [4.78, 5) is 24.5. The van der Waals surface area contributed by atoms with Crippen LogP contribution in [-0.4, -0.2) is 29.9 Å². The minimum absolute atomic E-state index is 0.125. The molecule has 1 aromatic carbocycles. The van der Waals surface area contributed by atoms with Crippen LogP contribution in [-0.2, 0) is 20.7 Å². The molecule has 1 aromatic rings. The Hall–Kier alpha value is -1.55. The van der Waals surface area contributed by atoms with Gasteiger partial charge in [-0.2, -0.15) is 0 Å². The lowest BCUT2D eigenvalue weighted by Crippen LogP contribution is -2.44. The first-order valence-corrected chi connectivity index (χ1v) is 7.08. The molecule has 0 N–H and O–H groups in total. The summed E-state index contributed by atoms with van der Waals surface area (Å²) in [6.45, 7) is 4.17. The van der Waals surface area contributed by atoms with Crippen molar-refractivity contribution >= 4 is 29.2 Å². The maximum atomic E-state index is 12.6. The van der Waals surface area contributed by atoms with E-state index in [0.29, 0.717) is 6.54 Å². The van der Waals surface area contributed by atoms with Gasteiger partial charge in [0.25, 0.3) is 0 Å². The van der Waals surface area contributed by atoms with Gasteiger partial charge in [0.1, 0.15) is 4.87 Å². The average molecular weight is 296 g/mol. The highest BCUT2D eigenvalue weighted by atomic mass is 35.5. The summed E-state index contributed by atoms with van der Waals surface area (Å²) in [6, 6.07) is 7.74. The number of fused-ring (bicyclic) bond motifs is 1. The average Bonchev–Trinajstić information content (AvgIpc) is 2.81. The molecule has 1 amide bonds. The van der Waals surface area contributed by atoms with Gasteiger partial charge < -0.3 is 9.64 Å². The largest absolute Gasteiger partial charge is 0.466 e. The fraction of sp³-hybridized carbons (Fsp3) is 0.467. The van der Waals surface area contributed by atoms with E-state index in [2.05, 4.69) is 0 Å². The second kappa shape index (κ2) is 5.83. The molecule has 0 fully saturated rings. The number of ether oxygens (including phenoxy) is 1. The number of para-hydroxylation sites is 1. The summed E-state index contributed by atoms with van der Waals surface area (Å²) in [5, 5.41) is 0. The third kappa shape index (κ3) is 2.96. The number of esters is 1. The Bertz CT molecular complexity index is 528. The van der Waals surface area contributed by atoms with Crippen LogP contribution in [0, 0.1) is 0 Å². The fourth-order valence-corrected chi connectivity index (χ4v) is 2.60. The van der Waals surface area contributed by atoms with Gasteiger partial charge in [-0.15, -0.1) is 11.6 Å². The van der Waals surface area contributed by atoms with E-state index in [1.807, 2.05) is 24.3 Å². The second-order valence-corrected chi connectivity index (χ2v) is 5.85. The van der Waals surface area contributed by atoms with Gasteiger partial charge in [-0.3, -0.25) is 9.59 Å². The molecule has 0 saturated carbocycles. The molecule has 0 bridgehead atoms. The van der Waals surface area contributed by atoms with Crippen LogP contribution >= 0.6 is 11.6 Å². The molecule has 0 radical (unpaired) electrons. The van der Waals surface area contributed by atoms with Crippen molar-refractivity contribution in [1.82, 2.24) is 0 Å². The summed E-state index contributed by atoms with van der Waals surface area (Å²) in [5.41, 5.74) is 2.01. The van der Waals surface area contributed by atoms with Crippen molar-refractivity contribution in [2.24, 2.45) is 0 Å². The predicted octanol–water partition coefficient (Wildman–Crippen LogP) is 2.53. The van der Waals surface area contributed by atoms with Gasteiger partial charge in [0.2, 0.25) is 5.91 Å². The van der Waals surface area contributed by atoms with Crippen LogP contribution in [0.2, 0.25) is 0 Å². The molecule has 1 heterocycles. The summed E-state index contributed by atoms with van der Waals surface area (Å²) in [6.07, 6.45) is 0.689. The predicted molar refractivity (Wildman–Crippen MR) is 78.0 cm³/mol. The summed E-state index contributed by atoms with van der Waals surface area (Å²) in [5.74, 6) is -0.706. The van der Waals surface area contributed by atoms with Crippen molar-refractivity contribution in [3.05, 3.63) is 29.8 Å². The zero-order valence-corrected chi connectivity index (χ0v) is 12.4. The number of carbonyl (C=O) groups is 2. The number of benzene rings is 1. The minimum Gasteiger partial charge on any atom is -0.466 e. The monoisotopic (exact) mass is 295 g/mol. The number of hydrogen-bond acceptors (Lipinski definition) is 3. The van der Waals surface area contributed by atoms with Crippen LogP contribution in [0.4, 0.5) is 5.69 Å². The number of amides is 1. The Morgan fingerprint density at radius 3 is 2.80 bits per heavy atom. The Balaban J connectivity index is 2.13. The van der Waals surface area contributed by atoms with Crippen molar-refractivity contribution in [2.75, 3.05) is 18.1 Å². The number of hydrogen-bond donors (Lipinski definition) is 0. The van der Waals surface area contributed by atoms with Crippen LogP contribution in [0.3, 0.4) is 0 Å².